The minimum Gasteiger partial charge on any atom is -0.497 e. The molecule has 4 rings (SSSR count). The van der Waals surface area contributed by atoms with E-state index in [1.807, 2.05) is 36.5 Å². The molecule has 0 amide bonds. The summed E-state index contributed by atoms with van der Waals surface area (Å²) in [6, 6.07) is 18.5. The van der Waals surface area contributed by atoms with Gasteiger partial charge in [0.1, 0.15) is 5.75 Å². The standard InChI is InChI=1S/C22H25N3O2/c1-26-20-9-7-16(8-10-20)21-19(15-24-25-21)14-23-13-18-11-12-27-22(18)17-5-3-2-4-6-17/h2-10,15,18,22-23H,11-14H2,1H3,(H,24,25)/t18-,22-/m0/s1. The molecule has 1 fully saturated rings. The second kappa shape index (κ2) is 8.37. The van der Waals surface area contributed by atoms with Crippen molar-refractivity contribution in [1.29, 1.82) is 0 Å². The van der Waals surface area contributed by atoms with Gasteiger partial charge in [-0.15, -0.1) is 0 Å². The van der Waals surface area contributed by atoms with E-state index in [2.05, 4.69) is 39.8 Å². The van der Waals surface area contributed by atoms with Gasteiger partial charge in [0, 0.05) is 36.7 Å². The first-order chi connectivity index (χ1) is 13.3. The van der Waals surface area contributed by atoms with E-state index in [1.165, 1.54) is 5.56 Å². The van der Waals surface area contributed by atoms with E-state index in [-0.39, 0.29) is 6.10 Å². The number of aromatic amines is 1. The van der Waals surface area contributed by atoms with Crippen LogP contribution < -0.4 is 10.1 Å². The molecule has 0 saturated carbocycles. The molecular weight excluding hydrogens is 338 g/mol. The van der Waals surface area contributed by atoms with Crippen LogP contribution in [-0.4, -0.2) is 30.5 Å². The summed E-state index contributed by atoms with van der Waals surface area (Å²) in [4.78, 5) is 0. The highest BCUT2D eigenvalue weighted by Gasteiger charge is 2.29. The molecule has 140 valence electrons. The molecule has 2 heterocycles. The Labute approximate surface area is 159 Å². The van der Waals surface area contributed by atoms with Crippen molar-refractivity contribution < 1.29 is 9.47 Å². The lowest BCUT2D eigenvalue weighted by Crippen LogP contribution is -2.24. The molecule has 1 aliphatic rings. The number of benzene rings is 2. The van der Waals surface area contributed by atoms with Gasteiger partial charge >= 0.3 is 0 Å². The fourth-order valence-corrected chi connectivity index (χ4v) is 3.70. The van der Waals surface area contributed by atoms with Crippen LogP contribution in [0.2, 0.25) is 0 Å². The van der Waals surface area contributed by atoms with Crippen LogP contribution in [0.1, 0.15) is 23.7 Å². The molecule has 0 spiro atoms. The van der Waals surface area contributed by atoms with Gasteiger partial charge < -0.3 is 14.8 Å². The number of nitrogens with one attached hydrogen (secondary N) is 2. The molecule has 1 saturated heterocycles. The predicted octanol–water partition coefficient (Wildman–Crippen LogP) is 3.95. The lowest BCUT2D eigenvalue weighted by Gasteiger charge is -2.19. The summed E-state index contributed by atoms with van der Waals surface area (Å²) in [5, 5.41) is 10.9. The first-order valence-corrected chi connectivity index (χ1v) is 9.39. The van der Waals surface area contributed by atoms with Gasteiger partial charge in [-0.3, -0.25) is 5.10 Å². The van der Waals surface area contributed by atoms with E-state index in [1.54, 1.807) is 7.11 Å². The fourth-order valence-electron chi connectivity index (χ4n) is 3.70. The quantitative estimate of drug-likeness (QED) is 0.667. The van der Waals surface area contributed by atoms with Crippen molar-refractivity contribution in [1.82, 2.24) is 15.5 Å². The average Bonchev–Trinajstić information content (AvgIpc) is 3.38. The summed E-state index contributed by atoms with van der Waals surface area (Å²) in [6.45, 7) is 2.53. The van der Waals surface area contributed by atoms with E-state index >= 15 is 0 Å². The summed E-state index contributed by atoms with van der Waals surface area (Å²) >= 11 is 0. The van der Waals surface area contributed by atoms with E-state index in [4.69, 9.17) is 9.47 Å². The number of hydrogen-bond acceptors (Lipinski definition) is 4. The minimum absolute atomic E-state index is 0.184. The lowest BCUT2D eigenvalue weighted by atomic mass is 9.95. The highest BCUT2D eigenvalue weighted by Crippen LogP contribution is 2.34. The average molecular weight is 363 g/mol. The van der Waals surface area contributed by atoms with Gasteiger partial charge in [-0.05, 0) is 36.2 Å². The highest BCUT2D eigenvalue weighted by molar-refractivity contribution is 5.63. The molecule has 2 atom stereocenters. The summed E-state index contributed by atoms with van der Waals surface area (Å²) in [7, 11) is 1.68. The van der Waals surface area contributed by atoms with Crippen molar-refractivity contribution in [3.8, 4) is 17.0 Å². The Bertz CT molecular complexity index is 846. The molecule has 1 aromatic heterocycles. The molecule has 0 aliphatic carbocycles. The normalized spacial score (nSPS) is 19.3. The zero-order chi connectivity index (χ0) is 18.5. The van der Waals surface area contributed by atoms with E-state index in [0.29, 0.717) is 5.92 Å². The van der Waals surface area contributed by atoms with Crippen LogP contribution in [0, 0.1) is 5.92 Å². The maximum Gasteiger partial charge on any atom is 0.118 e. The molecule has 5 nitrogen and oxygen atoms in total. The Balaban J connectivity index is 1.38. The number of H-pyrrole nitrogens is 1. The van der Waals surface area contributed by atoms with Crippen LogP contribution in [0.5, 0.6) is 5.75 Å². The smallest absolute Gasteiger partial charge is 0.118 e. The predicted molar refractivity (Wildman–Crippen MR) is 106 cm³/mol. The topological polar surface area (TPSA) is 59.2 Å². The van der Waals surface area contributed by atoms with E-state index < -0.39 is 0 Å². The van der Waals surface area contributed by atoms with Gasteiger partial charge in [0.05, 0.1) is 25.1 Å². The third kappa shape index (κ3) is 4.04. The third-order valence-corrected chi connectivity index (χ3v) is 5.16. The summed E-state index contributed by atoms with van der Waals surface area (Å²) in [6.07, 6.45) is 3.17. The number of hydrogen-bond donors (Lipinski definition) is 2. The number of methoxy groups -OCH3 is 1. The second-order valence-corrected chi connectivity index (χ2v) is 6.88. The molecule has 0 bridgehead atoms. The van der Waals surface area contributed by atoms with Gasteiger partial charge in [0.15, 0.2) is 0 Å². The molecule has 0 radical (unpaired) electrons. The van der Waals surface area contributed by atoms with Gasteiger partial charge in [-0.1, -0.05) is 30.3 Å². The lowest BCUT2D eigenvalue weighted by molar-refractivity contribution is 0.0904. The Morgan fingerprint density at radius 1 is 1.15 bits per heavy atom. The Morgan fingerprint density at radius 2 is 1.96 bits per heavy atom. The Morgan fingerprint density at radius 3 is 2.74 bits per heavy atom. The maximum atomic E-state index is 5.98. The van der Waals surface area contributed by atoms with Crippen molar-refractivity contribution in [3.05, 3.63) is 71.9 Å². The van der Waals surface area contributed by atoms with Crippen molar-refractivity contribution in [2.24, 2.45) is 5.92 Å². The summed E-state index contributed by atoms with van der Waals surface area (Å²) in [5.41, 5.74) is 4.59. The molecule has 1 aliphatic heterocycles. The Kier molecular flexibility index (Phi) is 5.51. The van der Waals surface area contributed by atoms with E-state index in [0.717, 1.165) is 48.7 Å². The SMILES string of the molecule is COc1ccc(-c2[nH]ncc2CNC[C@@H]2CCO[C@H]2c2ccccc2)cc1. The largest absolute Gasteiger partial charge is 0.497 e. The molecule has 27 heavy (non-hydrogen) atoms. The highest BCUT2D eigenvalue weighted by atomic mass is 16.5. The van der Waals surface area contributed by atoms with Crippen LogP contribution >= 0.6 is 0 Å². The third-order valence-electron chi connectivity index (χ3n) is 5.16. The zero-order valence-corrected chi connectivity index (χ0v) is 15.5. The van der Waals surface area contributed by atoms with Crippen molar-refractivity contribution in [2.75, 3.05) is 20.3 Å². The van der Waals surface area contributed by atoms with Gasteiger partial charge in [0.2, 0.25) is 0 Å². The van der Waals surface area contributed by atoms with Gasteiger partial charge in [-0.25, -0.2) is 0 Å². The molecule has 2 N–H and O–H groups in total. The monoisotopic (exact) mass is 363 g/mol. The van der Waals surface area contributed by atoms with Gasteiger partial charge in [-0.2, -0.15) is 5.10 Å². The first-order valence-electron chi connectivity index (χ1n) is 9.39. The maximum absolute atomic E-state index is 5.98. The molecule has 3 aromatic rings. The molecule has 0 unspecified atom stereocenters. The van der Waals surface area contributed by atoms with E-state index in [9.17, 15) is 0 Å². The molecule has 5 heteroatoms. The van der Waals surface area contributed by atoms with Crippen LogP contribution in [0.15, 0.2) is 60.8 Å². The van der Waals surface area contributed by atoms with Crippen molar-refractivity contribution in [3.63, 3.8) is 0 Å². The fraction of sp³-hybridized carbons (Fsp3) is 0.318. The minimum atomic E-state index is 0.184. The van der Waals surface area contributed by atoms with Crippen LogP contribution in [0.25, 0.3) is 11.3 Å². The second-order valence-electron chi connectivity index (χ2n) is 6.88. The number of rotatable bonds is 7. The Hall–Kier alpha value is -2.63. The number of nitrogens with zero attached hydrogens (tertiary/aromatic N) is 1. The summed E-state index contributed by atoms with van der Waals surface area (Å²) in [5.74, 6) is 1.34. The van der Waals surface area contributed by atoms with Crippen LogP contribution in [-0.2, 0) is 11.3 Å². The molecule has 2 aromatic carbocycles. The van der Waals surface area contributed by atoms with Crippen molar-refractivity contribution in [2.45, 2.75) is 19.1 Å². The zero-order valence-electron chi connectivity index (χ0n) is 15.5. The molecular formula is C22H25N3O2. The number of aromatic nitrogens is 2. The van der Waals surface area contributed by atoms with Gasteiger partial charge in [0.25, 0.3) is 0 Å². The van der Waals surface area contributed by atoms with Crippen LogP contribution in [0.3, 0.4) is 0 Å². The van der Waals surface area contributed by atoms with Crippen LogP contribution in [0.4, 0.5) is 0 Å². The summed E-state index contributed by atoms with van der Waals surface area (Å²) < 4.78 is 11.2. The first kappa shape index (κ1) is 17.8. The van der Waals surface area contributed by atoms with Crippen molar-refractivity contribution >= 4 is 0 Å². The number of ether oxygens (including phenoxy) is 2.